The first-order chi connectivity index (χ1) is 13.0. The van der Waals surface area contributed by atoms with Crippen LogP contribution in [0.4, 0.5) is 0 Å². The van der Waals surface area contributed by atoms with Crippen LogP contribution in [0.5, 0.6) is 11.5 Å². The van der Waals surface area contributed by atoms with E-state index in [0.29, 0.717) is 22.6 Å². The van der Waals surface area contributed by atoms with Crippen molar-refractivity contribution >= 4 is 17.9 Å². The van der Waals surface area contributed by atoms with Gasteiger partial charge >= 0.3 is 0 Å². The van der Waals surface area contributed by atoms with E-state index in [1.165, 1.54) is 7.11 Å². The Morgan fingerprint density at radius 3 is 2.33 bits per heavy atom. The smallest absolute Gasteiger partial charge is 0.261 e. The summed E-state index contributed by atoms with van der Waals surface area (Å²) in [5.41, 5.74) is 1.68. The number of amides is 2. The molecule has 6 heteroatoms. The number of aliphatic hydroxyl groups is 1. The molecule has 0 radical (unpaired) electrons. The first-order valence-electron chi connectivity index (χ1n) is 8.62. The molecular formula is C21H21NO5. The zero-order valence-corrected chi connectivity index (χ0v) is 15.2. The Morgan fingerprint density at radius 2 is 1.74 bits per heavy atom. The fraction of sp³-hybridized carbons (Fsp3) is 0.238. The molecule has 1 aliphatic rings. The number of hydrogen-bond acceptors (Lipinski definition) is 5. The molecule has 0 spiro atoms. The van der Waals surface area contributed by atoms with E-state index in [4.69, 9.17) is 9.47 Å². The minimum Gasteiger partial charge on any atom is -0.493 e. The van der Waals surface area contributed by atoms with Gasteiger partial charge in [-0.2, -0.15) is 0 Å². The van der Waals surface area contributed by atoms with Crippen LogP contribution in [0.3, 0.4) is 0 Å². The molecule has 2 aromatic rings. The zero-order chi connectivity index (χ0) is 19.4. The van der Waals surface area contributed by atoms with Crippen LogP contribution in [0, 0.1) is 0 Å². The van der Waals surface area contributed by atoms with Crippen LogP contribution >= 0.6 is 0 Å². The monoisotopic (exact) mass is 367 g/mol. The Hall–Kier alpha value is -3.12. The summed E-state index contributed by atoms with van der Waals surface area (Å²) >= 11 is 0. The van der Waals surface area contributed by atoms with Crippen LogP contribution in [-0.4, -0.2) is 48.2 Å². The van der Waals surface area contributed by atoms with Gasteiger partial charge < -0.3 is 14.6 Å². The zero-order valence-electron chi connectivity index (χ0n) is 15.2. The van der Waals surface area contributed by atoms with Crippen LogP contribution in [0.15, 0.2) is 48.5 Å². The van der Waals surface area contributed by atoms with Crippen molar-refractivity contribution in [2.24, 2.45) is 0 Å². The SMILES string of the molecule is C/C=C/c1ccc(OCC(O)CN2C(=O)c3ccccc3C2=O)c(OC)c1. The molecule has 0 fully saturated rings. The average Bonchev–Trinajstić information content (AvgIpc) is 2.92. The van der Waals surface area contributed by atoms with E-state index in [1.807, 2.05) is 31.2 Å². The third-order valence-corrected chi connectivity index (χ3v) is 4.25. The minimum atomic E-state index is -1.02. The lowest BCUT2D eigenvalue weighted by molar-refractivity contribution is 0.0454. The standard InChI is InChI=1S/C21H21NO5/c1-3-6-14-9-10-18(19(11-14)26-2)27-13-15(23)12-22-20(24)16-7-4-5-8-17(16)21(22)25/h3-11,15,23H,12-13H2,1-2H3/b6-3+. The molecule has 140 valence electrons. The van der Waals surface area contributed by atoms with Gasteiger partial charge in [-0.3, -0.25) is 14.5 Å². The lowest BCUT2D eigenvalue weighted by Crippen LogP contribution is -2.39. The van der Waals surface area contributed by atoms with E-state index < -0.39 is 17.9 Å². The third kappa shape index (κ3) is 3.85. The van der Waals surface area contributed by atoms with Gasteiger partial charge in [-0.15, -0.1) is 0 Å². The van der Waals surface area contributed by atoms with Gasteiger partial charge in [0, 0.05) is 0 Å². The Labute approximate surface area is 157 Å². The first-order valence-corrected chi connectivity index (χ1v) is 8.62. The number of benzene rings is 2. The summed E-state index contributed by atoms with van der Waals surface area (Å²) in [6.07, 6.45) is 2.83. The summed E-state index contributed by atoms with van der Waals surface area (Å²) in [6.45, 7) is 1.71. The van der Waals surface area contributed by atoms with Crippen LogP contribution in [0.25, 0.3) is 6.08 Å². The molecule has 2 aromatic carbocycles. The highest BCUT2D eigenvalue weighted by Crippen LogP contribution is 2.29. The van der Waals surface area contributed by atoms with Gasteiger partial charge in [-0.1, -0.05) is 30.4 Å². The molecule has 6 nitrogen and oxygen atoms in total. The second-order valence-electron chi connectivity index (χ2n) is 6.14. The van der Waals surface area contributed by atoms with E-state index in [1.54, 1.807) is 30.3 Å². The van der Waals surface area contributed by atoms with E-state index in [9.17, 15) is 14.7 Å². The van der Waals surface area contributed by atoms with Crippen molar-refractivity contribution < 1.29 is 24.2 Å². The maximum atomic E-state index is 12.3. The van der Waals surface area contributed by atoms with Gasteiger partial charge in [-0.25, -0.2) is 0 Å². The van der Waals surface area contributed by atoms with Crippen LogP contribution in [0.2, 0.25) is 0 Å². The van der Waals surface area contributed by atoms with Crippen molar-refractivity contribution in [3.8, 4) is 11.5 Å². The van der Waals surface area contributed by atoms with Crippen LogP contribution in [-0.2, 0) is 0 Å². The maximum absolute atomic E-state index is 12.3. The predicted octanol–water partition coefficient (Wildman–Crippen LogP) is 2.76. The number of fused-ring (bicyclic) bond motifs is 1. The number of aliphatic hydroxyl groups excluding tert-OH is 1. The number of carbonyl (C=O) groups is 2. The van der Waals surface area contributed by atoms with Crippen molar-refractivity contribution in [2.45, 2.75) is 13.0 Å². The Morgan fingerprint density at radius 1 is 1.07 bits per heavy atom. The number of allylic oxidation sites excluding steroid dienone is 1. The Kier molecular flexibility index (Phi) is 5.57. The molecule has 1 heterocycles. The lowest BCUT2D eigenvalue weighted by Gasteiger charge is -2.19. The third-order valence-electron chi connectivity index (χ3n) is 4.25. The van der Waals surface area contributed by atoms with E-state index in [2.05, 4.69) is 0 Å². The summed E-state index contributed by atoms with van der Waals surface area (Å²) in [4.78, 5) is 25.7. The number of carbonyl (C=O) groups excluding carboxylic acids is 2. The van der Waals surface area contributed by atoms with Gasteiger partial charge in [0.15, 0.2) is 11.5 Å². The second-order valence-corrected chi connectivity index (χ2v) is 6.14. The molecule has 0 saturated carbocycles. The van der Waals surface area contributed by atoms with Gasteiger partial charge in [-0.05, 0) is 36.8 Å². The van der Waals surface area contributed by atoms with E-state index in [0.717, 1.165) is 10.5 Å². The fourth-order valence-electron chi connectivity index (χ4n) is 2.95. The van der Waals surface area contributed by atoms with E-state index >= 15 is 0 Å². The van der Waals surface area contributed by atoms with Gasteiger partial charge in [0.25, 0.3) is 11.8 Å². The number of ether oxygens (including phenoxy) is 2. The second kappa shape index (κ2) is 8.05. The maximum Gasteiger partial charge on any atom is 0.261 e. The van der Waals surface area contributed by atoms with Crippen molar-refractivity contribution in [1.82, 2.24) is 4.90 Å². The van der Waals surface area contributed by atoms with E-state index in [-0.39, 0.29) is 13.2 Å². The topological polar surface area (TPSA) is 76.1 Å². The number of β-amino-alcohol motifs (C(OH)–C–C–N with tert-alkyl or cyclic N) is 1. The number of rotatable bonds is 7. The molecule has 2 amide bonds. The Balaban J connectivity index is 1.63. The lowest BCUT2D eigenvalue weighted by atomic mass is 10.1. The van der Waals surface area contributed by atoms with Gasteiger partial charge in [0.2, 0.25) is 0 Å². The number of hydrogen-bond donors (Lipinski definition) is 1. The van der Waals surface area contributed by atoms with Crippen LogP contribution < -0.4 is 9.47 Å². The summed E-state index contributed by atoms with van der Waals surface area (Å²) in [7, 11) is 1.54. The predicted molar refractivity (Wildman–Crippen MR) is 101 cm³/mol. The van der Waals surface area contributed by atoms with Crippen LogP contribution in [0.1, 0.15) is 33.2 Å². The quantitative estimate of drug-likeness (QED) is 0.762. The minimum absolute atomic E-state index is 0.0767. The number of methoxy groups -OCH3 is 1. The first kappa shape index (κ1) is 18.7. The molecule has 1 aliphatic heterocycles. The summed E-state index contributed by atoms with van der Waals surface area (Å²) < 4.78 is 10.9. The Bertz CT molecular complexity index is 855. The molecule has 1 unspecified atom stereocenters. The highest BCUT2D eigenvalue weighted by atomic mass is 16.5. The molecule has 1 atom stereocenters. The molecule has 0 aromatic heterocycles. The van der Waals surface area contributed by atoms with Gasteiger partial charge in [0.05, 0.1) is 24.8 Å². The highest BCUT2D eigenvalue weighted by molar-refractivity contribution is 6.21. The summed E-state index contributed by atoms with van der Waals surface area (Å²) in [5, 5.41) is 10.3. The van der Waals surface area contributed by atoms with Crippen molar-refractivity contribution in [1.29, 1.82) is 0 Å². The molecule has 0 aliphatic carbocycles. The summed E-state index contributed by atoms with van der Waals surface area (Å²) in [5.74, 6) is 0.219. The van der Waals surface area contributed by atoms with Gasteiger partial charge in [0.1, 0.15) is 12.7 Å². The molecule has 27 heavy (non-hydrogen) atoms. The van der Waals surface area contributed by atoms with Crippen molar-refractivity contribution in [3.63, 3.8) is 0 Å². The fourth-order valence-corrected chi connectivity index (χ4v) is 2.95. The largest absolute Gasteiger partial charge is 0.493 e. The molecule has 1 N–H and O–H groups in total. The molecular weight excluding hydrogens is 346 g/mol. The molecule has 3 rings (SSSR count). The normalized spacial score (nSPS) is 14.6. The molecule has 0 bridgehead atoms. The number of imide groups is 1. The van der Waals surface area contributed by atoms with Crippen molar-refractivity contribution in [2.75, 3.05) is 20.3 Å². The molecule has 0 saturated heterocycles. The number of nitrogens with zero attached hydrogens (tertiary/aromatic N) is 1. The highest BCUT2D eigenvalue weighted by Gasteiger charge is 2.36. The summed E-state index contributed by atoms with van der Waals surface area (Å²) in [6, 6.07) is 12.1. The van der Waals surface area contributed by atoms with Crippen molar-refractivity contribution in [3.05, 3.63) is 65.2 Å². The average molecular weight is 367 g/mol.